The van der Waals surface area contributed by atoms with Crippen LogP contribution in [0.3, 0.4) is 0 Å². The smallest absolute Gasteiger partial charge is 0.261 e. The normalized spacial score (nSPS) is 14.8. The first-order chi connectivity index (χ1) is 10.2. The Morgan fingerprint density at radius 2 is 1.71 bits per heavy atom. The third-order valence-corrected chi connectivity index (χ3v) is 3.58. The number of halogens is 1. The molecule has 1 heterocycles. The van der Waals surface area contributed by atoms with Gasteiger partial charge in [0.15, 0.2) is 0 Å². The number of amides is 1. The Morgan fingerprint density at radius 3 is 2.33 bits per heavy atom. The van der Waals surface area contributed by atoms with Crippen LogP contribution < -0.4 is 10.2 Å². The molecule has 21 heavy (non-hydrogen) atoms. The van der Waals surface area contributed by atoms with Crippen molar-refractivity contribution in [3.05, 3.63) is 71.7 Å². The highest BCUT2D eigenvalue weighted by Crippen LogP contribution is 2.30. The van der Waals surface area contributed by atoms with E-state index in [1.807, 2.05) is 30.3 Å². The molecule has 106 valence electrons. The summed E-state index contributed by atoms with van der Waals surface area (Å²) in [4.78, 5) is 14.3. The standard InChI is InChI=1S/C17H15FN2O/c1-19-15-11-20(14-9-7-13(18)8-10-14)17(21)16(15)12-5-3-2-4-6-12/h2-10,19H,11H2,1H3. The summed E-state index contributed by atoms with van der Waals surface area (Å²) in [7, 11) is 1.81. The molecule has 1 aliphatic heterocycles. The van der Waals surface area contributed by atoms with Gasteiger partial charge in [0.2, 0.25) is 0 Å². The van der Waals surface area contributed by atoms with E-state index in [-0.39, 0.29) is 11.7 Å². The summed E-state index contributed by atoms with van der Waals surface area (Å²) in [5, 5.41) is 3.10. The lowest BCUT2D eigenvalue weighted by Crippen LogP contribution is -2.27. The molecule has 0 bridgehead atoms. The molecule has 0 saturated carbocycles. The van der Waals surface area contributed by atoms with E-state index < -0.39 is 0 Å². The Labute approximate surface area is 122 Å². The minimum Gasteiger partial charge on any atom is -0.389 e. The number of nitrogens with zero attached hydrogens (tertiary/aromatic N) is 1. The van der Waals surface area contributed by atoms with Crippen LogP contribution in [0, 0.1) is 5.82 Å². The fourth-order valence-electron chi connectivity index (χ4n) is 2.51. The fourth-order valence-corrected chi connectivity index (χ4v) is 2.51. The third-order valence-electron chi connectivity index (χ3n) is 3.58. The number of hydrogen-bond donors (Lipinski definition) is 1. The van der Waals surface area contributed by atoms with E-state index in [4.69, 9.17) is 0 Å². The van der Waals surface area contributed by atoms with Gasteiger partial charge in [-0.1, -0.05) is 30.3 Å². The number of benzene rings is 2. The second-order valence-corrected chi connectivity index (χ2v) is 4.84. The molecule has 0 spiro atoms. The predicted octanol–water partition coefficient (Wildman–Crippen LogP) is 2.80. The number of carbonyl (C=O) groups excluding carboxylic acids is 1. The largest absolute Gasteiger partial charge is 0.389 e. The van der Waals surface area contributed by atoms with Crippen LogP contribution in [0.5, 0.6) is 0 Å². The van der Waals surface area contributed by atoms with Gasteiger partial charge in [-0.05, 0) is 29.8 Å². The van der Waals surface area contributed by atoms with Gasteiger partial charge in [-0.15, -0.1) is 0 Å². The highest BCUT2D eigenvalue weighted by molar-refractivity contribution is 6.29. The average Bonchev–Trinajstić information content (AvgIpc) is 2.86. The molecule has 1 N–H and O–H groups in total. The van der Waals surface area contributed by atoms with Crippen molar-refractivity contribution in [2.24, 2.45) is 0 Å². The molecule has 3 rings (SSSR count). The second-order valence-electron chi connectivity index (χ2n) is 4.84. The highest BCUT2D eigenvalue weighted by Gasteiger charge is 2.31. The Bertz CT molecular complexity index is 692. The van der Waals surface area contributed by atoms with Crippen molar-refractivity contribution in [3.8, 4) is 0 Å². The molecule has 2 aromatic rings. The molecule has 0 unspecified atom stereocenters. The van der Waals surface area contributed by atoms with Crippen molar-refractivity contribution in [1.82, 2.24) is 5.32 Å². The molecule has 3 nitrogen and oxygen atoms in total. The Morgan fingerprint density at radius 1 is 1.05 bits per heavy atom. The average molecular weight is 282 g/mol. The van der Waals surface area contributed by atoms with Crippen molar-refractivity contribution >= 4 is 17.2 Å². The maximum Gasteiger partial charge on any atom is 0.261 e. The lowest BCUT2D eigenvalue weighted by Gasteiger charge is -2.16. The van der Waals surface area contributed by atoms with E-state index in [0.717, 1.165) is 11.3 Å². The zero-order valence-corrected chi connectivity index (χ0v) is 11.6. The molecule has 0 fully saturated rings. The van der Waals surface area contributed by atoms with Crippen LogP contribution in [0.4, 0.5) is 10.1 Å². The second kappa shape index (κ2) is 5.40. The Kier molecular flexibility index (Phi) is 3.44. The van der Waals surface area contributed by atoms with Gasteiger partial charge >= 0.3 is 0 Å². The molecule has 2 aromatic carbocycles. The van der Waals surface area contributed by atoms with E-state index in [1.54, 1.807) is 24.1 Å². The molecular formula is C17H15FN2O. The van der Waals surface area contributed by atoms with Crippen LogP contribution in [-0.2, 0) is 4.79 Å². The van der Waals surface area contributed by atoms with Gasteiger partial charge in [-0.2, -0.15) is 0 Å². The number of anilines is 1. The van der Waals surface area contributed by atoms with Gasteiger partial charge in [0, 0.05) is 18.4 Å². The lowest BCUT2D eigenvalue weighted by molar-refractivity contribution is -0.112. The molecule has 0 atom stereocenters. The fraction of sp³-hybridized carbons (Fsp3) is 0.118. The number of carbonyl (C=O) groups is 1. The number of rotatable bonds is 3. The number of likely N-dealkylation sites (N-methyl/N-ethyl adjacent to an activating group) is 1. The maximum atomic E-state index is 13.0. The minimum absolute atomic E-state index is 0.0721. The van der Waals surface area contributed by atoms with Gasteiger partial charge in [-0.25, -0.2) is 4.39 Å². The van der Waals surface area contributed by atoms with Gasteiger partial charge in [-0.3, -0.25) is 4.79 Å². The summed E-state index contributed by atoms with van der Waals surface area (Å²) in [6.45, 7) is 0.463. The SMILES string of the molecule is CNC1=C(c2ccccc2)C(=O)N(c2ccc(F)cc2)C1. The molecule has 4 heteroatoms. The van der Waals surface area contributed by atoms with Crippen molar-refractivity contribution in [2.45, 2.75) is 0 Å². The summed E-state index contributed by atoms with van der Waals surface area (Å²) >= 11 is 0. The first-order valence-corrected chi connectivity index (χ1v) is 6.74. The lowest BCUT2D eigenvalue weighted by atomic mass is 10.1. The molecule has 0 radical (unpaired) electrons. The Hall–Kier alpha value is -2.62. The summed E-state index contributed by atoms with van der Waals surface area (Å²) < 4.78 is 13.0. The maximum absolute atomic E-state index is 13.0. The monoisotopic (exact) mass is 282 g/mol. The summed E-state index contributed by atoms with van der Waals surface area (Å²) in [5.74, 6) is -0.382. The van der Waals surface area contributed by atoms with Crippen molar-refractivity contribution in [1.29, 1.82) is 0 Å². The van der Waals surface area contributed by atoms with E-state index in [9.17, 15) is 9.18 Å². The van der Waals surface area contributed by atoms with Crippen LogP contribution in [0.2, 0.25) is 0 Å². The first-order valence-electron chi connectivity index (χ1n) is 6.74. The summed E-state index contributed by atoms with van der Waals surface area (Å²) in [6.07, 6.45) is 0. The Balaban J connectivity index is 1.98. The van der Waals surface area contributed by atoms with Crippen LogP contribution >= 0.6 is 0 Å². The molecule has 0 aliphatic carbocycles. The molecule has 1 amide bonds. The van der Waals surface area contributed by atoms with Crippen LogP contribution in [0.15, 0.2) is 60.3 Å². The minimum atomic E-state index is -0.310. The zero-order valence-electron chi connectivity index (χ0n) is 11.6. The summed E-state index contributed by atoms with van der Waals surface area (Å²) in [5.41, 5.74) is 3.12. The third kappa shape index (κ3) is 2.40. The number of nitrogens with one attached hydrogen (secondary N) is 1. The topological polar surface area (TPSA) is 32.3 Å². The molecule has 0 saturated heterocycles. The van der Waals surface area contributed by atoms with E-state index in [2.05, 4.69) is 5.32 Å². The van der Waals surface area contributed by atoms with Crippen molar-refractivity contribution in [3.63, 3.8) is 0 Å². The molecule has 1 aliphatic rings. The van der Waals surface area contributed by atoms with Crippen molar-refractivity contribution in [2.75, 3.05) is 18.5 Å². The van der Waals surface area contributed by atoms with E-state index in [1.165, 1.54) is 12.1 Å². The van der Waals surface area contributed by atoms with E-state index in [0.29, 0.717) is 17.8 Å². The quantitative estimate of drug-likeness (QED) is 0.939. The zero-order chi connectivity index (χ0) is 14.8. The van der Waals surface area contributed by atoms with Gasteiger partial charge < -0.3 is 10.2 Å². The summed E-state index contributed by atoms with van der Waals surface area (Å²) in [6, 6.07) is 15.5. The van der Waals surface area contributed by atoms with Crippen LogP contribution in [-0.4, -0.2) is 19.5 Å². The van der Waals surface area contributed by atoms with Gasteiger partial charge in [0.05, 0.1) is 12.1 Å². The molecular weight excluding hydrogens is 267 g/mol. The van der Waals surface area contributed by atoms with Crippen LogP contribution in [0.1, 0.15) is 5.56 Å². The highest BCUT2D eigenvalue weighted by atomic mass is 19.1. The predicted molar refractivity (Wildman–Crippen MR) is 81.2 cm³/mol. The van der Waals surface area contributed by atoms with Gasteiger partial charge in [0.1, 0.15) is 5.82 Å². The number of hydrogen-bond acceptors (Lipinski definition) is 2. The molecule has 0 aromatic heterocycles. The first kappa shape index (κ1) is 13.4. The van der Waals surface area contributed by atoms with Crippen LogP contribution in [0.25, 0.3) is 5.57 Å². The van der Waals surface area contributed by atoms with Gasteiger partial charge in [0.25, 0.3) is 5.91 Å². The van der Waals surface area contributed by atoms with E-state index >= 15 is 0 Å². The van der Waals surface area contributed by atoms with Crippen molar-refractivity contribution < 1.29 is 9.18 Å².